The van der Waals surface area contributed by atoms with Gasteiger partial charge < -0.3 is 4.43 Å². The first kappa shape index (κ1) is 24.2. The van der Waals surface area contributed by atoms with E-state index < -0.39 is 29.4 Å². The summed E-state index contributed by atoms with van der Waals surface area (Å²) < 4.78 is 36.3. The molecular formula is C27H38N2O3SSi. The van der Waals surface area contributed by atoms with Crippen LogP contribution in [0, 0.1) is 28.1 Å². The van der Waals surface area contributed by atoms with Gasteiger partial charge in [0.25, 0.3) is 0 Å². The van der Waals surface area contributed by atoms with Crippen LogP contribution in [0.4, 0.5) is 0 Å². The maximum atomic E-state index is 14.0. The molecule has 4 aliphatic rings. The van der Waals surface area contributed by atoms with E-state index in [-0.39, 0.29) is 16.6 Å². The van der Waals surface area contributed by atoms with Gasteiger partial charge in [0.2, 0.25) is 10.0 Å². The minimum absolute atomic E-state index is 0.0148. The molecule has 0 aromatic heterocycles. The monoisotopic (exact) mass is 498 g/mol. The van der Waals surface area contributed by atoms with Crippen molar-refractivity contribution in [1.29, 1.82) is 5.26 Å². The van der Waals surface area contributed by atoms with Crippen LogP contribution in [0.2, 0.25) is 19.6 Å². The van der Waals surface area contributed by atoms with Crippen LogP contribution in [0.5, 0.6) is 0 Å². The molecule has 1 saturated heterocycles. The number of benzene rings is 1. The summed E-state index contributed by atoms with van der Waals surface area (Å²) in [6.07, 6.45) is 8.45. The number of nitrogens with zero attached hydrogens (tertiary/aromatic N) is 2. The zero-order valence-corrected chi connectivity index (χ0v) is 23.0. The lowest BCUT2D eigenvalue weighted by atomic mass is 9.64. The van der Waals surface area contributed by atoms with Crippen LogP contribution in [0.15, 0.2) is 30.3 Å². The molecule has 1 spiro atoms. The molecule has 184 valence electrons. The van der Waals surface area contributed by atoms with Gasteiger partial charge in [0.05, 0.1) is 11.8 Å². The van der Waals surface area contributed by atoms with Gasteiger partial charge in [-0.15, -0.1) is 0 Å². The van der Waals surface area contributed by atoms with E-state index in [0.717, 1.165) is 25.7 Å². The lowest BCUT2D eigenvalue weighted by Gasteiger charge is -2.49. The normalized spacial score (nSPS) is 33.8. The van der Waals surface area contributed by atoms with E-state index in [4.69, 9.17) is 4.43 Å². The molecular weight excluding hydrogens is 460 g/mol. The number of piperidine rings is 1. The van der Waals surface area contributed by atoms with Gasteiger partial charge in [-0.05, 0) is 74.2 Å². The van der Waals surface area contributed by atoms with Gasteiger partial charge in [0.1, 0.15) is 0 Å². The van der Waals surface area contributed by atoms with Gasteiger partial charge >= 0.3 is 0 Å². The van der Waals surface area contributed by atoms with Crippen LogP contribution >= 0.6 is 0 Å². The second kappa shape index (κ2) is 7.52. The fourth-order valence-corrected chi connectivity index (χ4v) is 11.4. The maximum Gasteiger partial charge on any atom is 0.214 e. The molecule has 1 aliphatic heterocycles. The molecule has 3 atom stereocenters. The maximum absolute atomic E-state index is 14.0. The minimum atomic E-state index is -3.55. The standard InChI is InChI=1S/C27H38N2O3SSi/c1-24(2)22-11-13-26(24,27(18-22,19-28)32-34(3,4)5)20-33(30,31)29-16-14-25(15-17-29)12-10-21-8-6-7-9-23(21)25/h6-10,12,22H,11,13-18,20H2,1-5H3/t22-,26+,27?/m1/s1. The number of fused-ring (bicyclic) bond motifs is 4. The van der Waals surface area contributed by atoms with Crippen molar-refractivity contribution < 1.29 is 12.8 Å². The third-order valence-corrected chi connectivity index (χ3v) is 12.6. The minimum Gasteiger partial charge on any atom is -0.399 e. The Kier molecular flexibility index (Phi) is 5.36. The Bertz CT molecular complexity index is 1170. The molecule has 1 unspecified atom stereocenters. The summed E-state index contributed by atoms with van der Waals surface area (Å²) in [7, 11) is -5.62. The molecule has 5 nitrogen and oxygen atoms in total. The van der Waals surface area contributed by atoms with Crippen LogP contribution in [0.1, 0.15) is 57.1 Å². The summed E-state index contributed by atoms with van der Waals surface area (Å²) in [5, 5.41) is 10.5. The number of hydrogen-bond donors (Lipinski definition) is 0. The molecule has 2 saturated carbocycles. The van der Waals surface area contributed by atoms with Gasteiger partial charge in [-0.25, -0.2) is 12.7 Å². The molecule has 34 heavy (non-hydrogen) atoms. The fourth-order valence-electron chi connectivity index (χ4n) is 7.77. The second-order valence-electron chi connectivity index (χ2n) is 12.6. The van der Waals surface area contributed by atoms with Crippen molar-refractivity contribution in [3.8, 4) is 6.07 Å². The summed E-state index contributed by atoms with van der Waals surface area (Å²) in [4.78, 5) is 0. The second-order valence-corrected chi connectivity index (χ2v) is 19.0. The molecule has 5 rings (SSSR count). The summed E-state index contributed by atoms with van der Waals surface area (Å²) in [6.45, 7) is 11.7. The van der Waals surface area contributed by atoms with Gasteiger partial charge in [-0.2, -0.15) is 5.26 Å². The first-order valence-corrected chi connectivity index (χ1v) is 17.7. The third-order valence-electron chi connectivity index (χ3n) is 9.66. The van der Waals surface area contributed by atoms with E-state index in [2.05, 4.69) is 76.0 Å². The Labute approximate surface area is 206 Å². The first-order valence-electron chi connectivity index (χ1n) is 12.7. The Morgan fingerprint density at radius 1 is 1.15 bits per heavy atom. The highest BCUT2D eigenvalue weighted by molar-refractivity contribution is 7.89. The summed E-state index contributed by atoms with van der Waals surface area (Å²) in [5.74, 6) is 0.337. The zero-order valence-electron chi connectivity index (χ0n) is 21.2. The third kappa shape index (κ3) is 3.32. The van der Waals surface area contributed by atoms with Crippen molar-refractivity contribution in [2.24, 2.45) is 16.7 Å². The molecule has 1 aromatic rings. The van der Waals surface area contributed by atoms with E-state index >= 15 is 0 Å². The largest absolute Gasteiger partial charge is 0.399 e. The summed E-state index contributed by atoms with van der Waals surface area (Å²) in [5.41, 5.74) is 0.593. The van der Waals surface area contributed by atoms with Crippen LogP contribution in [-0.4, -0.2) is 45.5 Å². The predicted octanol–water partition coefficient (Wildman–Crippen LogP) is 5.32. The Hall–Kier alpha value is -1.46. The molecule has 0 N–H and O–H groups in total. The average Bonchev–Trinajstić information content (AvgIpc) is 3.29. The number of hydrogen-bond acceptors (Lipinski definition) is 4. The fraction of sp³-hybridized carbons (Fsp3) is 0.667. The SMILES string of the molecule is CC1(C)[C@@H]2CC[C@@]1(CS(=O)(=O)N1CCC3(C=Cc4ccccc43)CC1)C(C#N)(O[Si](C)(C)C)C2. The molecule has 3 aliphatic carbocycles. The lowest BCUT2D eigenvalue weighted by Crippen LogP contribution is -2.59. The van der Waals surface area contributed by atoms with Gasteiger partial charge in [0.15, 0.2) is 13.9 Å². The van der Waals surface area contributed by atoms with Crippen LogP contribution < -0.4 is 0 Å². The van der Waals surface area contributed by atoms with E-state index in [1.807, 2.05) is 0 Å². The molecule has 0 radical (unpaired) electrons. The molecule has 2 bridgehead atoms. The Morgan fingerprint density at radius 3 is 2.44 bits per heavy atom. The quantitative estimate of drug-likeness (QED) is 0.515. The zero-order chi connectivity index (χ0) is 24.6. The number of rotatable bonds is 5. The summed E-state index contributed by atoms with van der Waals surface area (Å²) >= 11 is 0. The van der Waals surface area contributed by atoms with E-state index in [1.54, 1.807) is 4.31 Å². The predicted molar refractivity (Wildman–Crippen MR) is 138 cm³/mol. The molecule has 1 heterocycles. The highest BCUT2D eigenvalue weighted by atomic mass is 32.2. The van der Waals surface area contributed by atoms with Crippen molar-refractivity contribution in [3.05, 3.63) is 41.5 Å². The molecule has 7 heteroatoms. The summed E-state index contributed by atoms with van der Waals surface area (Å²) in [6, 6.07) is 11.0. The number of nitriles is 1. The van der Waals surface area contributed by atoms with E-state index in [0.29, 0.717) is 25.4 Å². The van der Waals surface area contributed by atoms with Gasteiger partial charge in [-0.1, -0.05) is 50.3 Å². The topological polar surface area (TPSA) is 70.4 Å². The van der Waals surface area contributed by atoms with Crippen molar-refractivity contribution in [1.82, 2.24) is 4.31 Å². The van der Waals surface area contributed by atoms with Crippen molar-refractivity contribution >= 4 is 24.4 Å². The molecule has 0 amide bonds. The Morgan fingerprint density at radius 2 is 1.82 bits per heavy atom. The highest BCUT2D eigenvalue weighted by Gasteiger charge is 2.74. The highest BCUT2D eigenvalue weighted by Crippen LogP contribution is 2.71. The van der Waals surface area contributed by atoms with Crippen molar-refractivity contribution in [2.75, 3.05) is 18.8 Å². The van der Waals surface area contributed by atoms with E-state index in [1.165, 1.54) is 11.1 Å². The number of sulfonamides is 1. The lowest BCUT2D eigenvalue weighted by molar-refractivity contribution is -0.0287. The number of allylic oxidation sites excluding steroid dienone is 1. The Balaban J connectivity index is 1.42. The van der Waals surface area contributed by atoms with Gasteiger partial charge in [0, 0.05) is 23.9 Å². The van der Waals surface area contributed by atoms with Gasteiger partial charge in [-0.3, -0.25) is 0 Å². The van der Waals surface area contributed by atoms with Crippen LogP contribution in [0.3, 0.4) is 0 Å². The van der Waals surface area contributed by atoms with Crippen LogP contribution in [-0.2, 0) is 19.9 Å². The molecule has 3 fully saturated rings. The average molecular weight is 499 g/mol. The first-order chi connectivity index (χ1) is 15.8. The van der Waals surface area contributed by atoms with E-state index in [9.17, 15) is 13.7 Å². The smallest absolute Gasteiger partial charge is 0.214 e. The van der Waals surface area contributed by atoms with Crippen molar-refractivity contribution in [3.63, 3.8) is 0 Å². The molecule has 1 aromatic carbocycles. The van der Waals surface area contributed by atoms with Crippen LogP contribution in [0.25, 0.3) is 6.08 Å². The van der Waals surface area contributed by atoms with Crippen molar-refractivity contribution in [2.45, 2.75) is 76.6 Å².